The summed E-state index contributed by atoms with van der Waals surface area (Å²) in [6, 6.07) is 14.9. The predicted molar refractivity (Wildman–Crippen MR) is 116 cm³/mol. The largest absolute Gasteiger partial charge is 0.372 e. The van der Waals surface area contributed by atoms with Crippen LogP contribution in [0, 0.1) is 0 Å². The standard InChI is InChI=1S/C21H25N3O8S/c25-19(26)11-23(12-20(27,28)24(19)9-10-32-13-21(29,30)31)18-14-5-1-3-7-16(14)33-17-8-4-2-6-15(17)22-18/h1-8,25-31H,9-13H2. The van der Waals surface area contributed by atoms with Gasteiger partial charge in [0.05, 0.1) is 25.4 Å². The molecule has 2 aromatic rings. The van der Waals surface area contributed by atoms with Crippen LogP contribution in [0.25, 0.3) is 0 Å². The Hall–Kier alpha value is -2.10. The Morgan fingerprint density at radius 2 is 1.52 bits per heavy atom. The zero-order valence-electron chi connectivity index (χ0n) is 17.4. The van der Waals surface area contributed by atoms with Gasteiger partial charge in [-0.05, 0) is 18.2 Å². The van der Waals surface area contributed by atoms with Crippen LogP contribution < -0.4 is 0 Å². The molecule has 2 aliphatic rings. The Morgan fingerprint density at radius 1 is 0.909 bits per heavy atom. The minimum absolute atomic E-state index is 0.351. The second kappa shape index (κ2) is 8.92. The van der Waals surface area contributed by atoms with Crippen molar-refractivity contribution in [2.75, 3.05) is 32.8 Å². The monoisotopic (exact) mass is 479 g/mol. The zero-order chi connectivity index (χ0) is 23.9. The highest BCUT2D eigenvalue weighted by atomic mass is 32.2. The minimum atomic E-state index is -3.05. The first-order valence-corrected chi connectivity index (χ1v) is 10.9. The summed E-state index contributed by atoms with van der Waals surface area (Å²) in [6.07, 6.45) is 0. The van der Waals surface area contributed by atoms with E-state index in [1.165, 1.54) is 16.7 Å². The molecule has 178 valence electrons. The number of benzene rings is 2. The van der Waals surface area contributed by atoms with Gasteiger partial charge < -0.3 is 45.4 Å². The lowest BCUT2D eigenvalue weighted by Gasteiger charge is -2.51. The van der Waals surface area contributed by atoms with E-state index >= 15 is 0 Å². The van der Waals surface area contributed by atoms with Gasteiger partial charge in [-0.15, -0.1) is 0 Å². The first-order valence-electron chi connectivity index (χ1n) is 10.1. The van der Waals surface area contributed by atoms with Gasteiger partial charge in [0.2, 0.25) is 11.8 Å². The van der Waals surface area contributed by atoms with Crippen LogP contribution >= 0.6 is 11.8 Å². The van der Waals surface area contributed by atoms with Gasteiger partial charge in [-0.1, -0.05) is 42.1 Å². The van der Waals surface area contributed by atoms with Gasteiger partial charge in [0.25, 0.3) is 5.97 Å². The van der Waals surface area contributed by atoms with E-state index in [2.05, 4.69) is 0 Å². The third-order valence-electron chi connectivity index (χ3n) is 5.16. The molecule has 0 radical (unpaired) electrons. The Bertz CT molecular complexity index is 1020. The second-order valence-corrected chi connectivity index (χ2v) is 8.97. The van der Waals surface area contributed by atoms with E-state index in [4.69, 9.17) is 25.0 Å². The number of amidine groups is 1. The number of hydrogen-bond donors (Lipinski definition) is 7. The number of ether oxygens (including phenoxy) is 1. The lowest BCUT2D eigenvalue weighted by Crippen LogP contribution is -2.74. The Morgan fingerprint density at radius 3 is 2.18 bits per heavy atom. The lowest BCUT2D eigenvalue weighted by molar-refractivity contribution is -0.409. The maximum atomic E-state index is 10.7. The fourth-order valence-electron chi connectivity index (χ4n) is 3.81. The maximum absolute atomic E-state index is 10.7. The zero-order valence-corrected chi connectivity index (χ0v) is 18.3. The van der Waals surface area contributed by atoms with Crippen molar-refractivity contribution in [1.29, 1.82) is 0 Å². The molecule has 7 N–H and O–H groups in total. The molecule has 0 aliphatic carbocycles. The summed E-state index contributed by atoms with van der Waals surface area (Å²) in [7, 11) is 0. The van der Waals surface area contributed by atoms with E-state index in [0.29, 0.717) is 22.0 Å². The van der Waals surface area contributed by atoms with E-state index in [-0.39, 0.29) is 6.61 Å². The average molecular weight is 480 g/mol. The number of aliphatic imine (C=N–C) groups is 1. The second-order valence-electron chi connectivity index (χ2n) is 7.88. The summed E-state index contributed by atoms with van der Waals surface area (Å²) in [5, 5.41) is 69.4. The van der Waals surface area contributed by atoms with Gasteiger partial charge in [-0.25, -0.2) is 4.99 Å². The molecule has 11 nitrogen and oxygen atoms in total. The molecule has 0 bridgehead atoms. The van der Waals surface area contributed by atoms with Crippen molar-refractivity contribution >= 4 is 23.3 Å². The van der Waals surface area contributed by atoms with E-state index < -0.39 is 44.0 Å². The van der Waals surface area contributed by atoms with Gasteiger partial charge in [0, 0.05) is 21.9 Å². The molecular weight excluding hydrogens is 454 g/mol. The molecule has 12 heteroatoms. The summed E-state index contributed by atoms with van der Waals surface area (Å²) in [5.74, 6) is -8.10. The van der Waals surface area contributed by atoms with Crippen LogP contribution in [-0.2, 0) is 4.74 Å². The van der Waals surface area contributed by atoms with Crippen molar-refractivity contribution in [2.24, 2.45) is 4.99 Å². The van der Waals surface area contributed by atoms with Crippen LogP contribution in [0.5, 0.6) is 0 Å². The molecular formula is C21H25N3O8S. The van der Waals surface area contributed by atoms with Crippen molar-refractivity contribution in [2.45, 2.75) is 27.6 Å². The topological polar surface area (TPSA) is 170 Å². The third kappa shape index (κ3) is 5.36. The van der Waals surface area contributed by atoms with Crippen molar-refractivity contribution in [1.82, 2.24) is 9.80 Å². The molecule has 2 aromatic carbocycles. The highest BCUT2D eigenvalue weighted by molar-refractivity contribution is 7.99. The molecule has 1 saturated heterocycles. The van der Waals surface area contributed by atoms with Crippen molar-refractivity contribution in [3.05, 3.63) is 54.1 Å². The van der Waals surface area contributed by atoms with E-state index in [1.54, 1.807) is 0 Å². The van der Waals surface area contributed by atoms with Crippen LogP contribution in [0.15, 0.2) is 63.3 Å². The number of rotatable bonds is 5. The molecule has 0 amide bonds. The third-order valence-corrected chi connectivity index (χ3v) is 6.31. The van der Waals surface area contributed by atoms with Crippen molar-refractivity contribution < 1.29 is 40.5 Å². The molecule has 0 atom stereocenters. The molecule has 2 aliphatic heterocycles. The number of hydrogen-bond acceptors (Lipinski definition) is 12. The van der Waals surface area contributed by atoms with Crippen LogP contribution in [0.2, 0.25) is 0 Å². The Labute approximate surface area is 193 Å². The van der Waals surface area contributed by atoms with E-state index in [0.717, 1.165) is 9.79 Å². The molecule has 33 heavy (non-hydrogen) atoms. The Balaban J connectivity index is 1.61. The normalized spacial score (nSPS) is 20.0. The van der Waals surface area contributed by atoms with Crippen LogP contribution in [0.4, 0.5) is 5.69 Å². The highest BCUT2D eigenvalue weighted by Gasteiger charge is 2.52. The number of para-hydroxylation sites is 1. The molecule has 0 spiro atoms. The first kappa shape index (κ1) is 24.0. The summed E-state index contributed by atoms with van der Waals surface area (Å²) in [6.45, 7) is -2.49. The first-order chi connectivity index (χ1) is 15.5. The fourth-order valence-corrected chi connectivity index (χ4v) is 4.83. The van der Waals surface area contributed by atoms with E-state index in [1.807, 2.05) is 48.5 Å². The van der Waals surface area contributed by atoms with Gasteiger partial charge in [-0.3, -0.25) is 0 Å². The minimum Gasteiger partial charge on any atom is -0.372 e. The molecule has 4 rings (SSSR count). The number of aliphatic hydroxyl groups is 7. The van der Waals surface area contributed by atoms with Gasteiger partial charge in [0.15, 0.2) is 0 Å². The van der Waals surface area contributed by atoms with Crippen LogP contribution in [-0.4, -0.2) is 102 Å². The Kier molecular flexibility index (Phi) is 6.50. The molecule has 1 fully saturated rings. The van der Waals surface area contributed by atoms with Crippen LogP contribution in [0.3, 0.4) is 0 Å². The average Bonchev–Trinajstić information content (AvgIpc) is 2.87. The fraction of sp³-hybridized carbons (Fsp3) is 0.381. The smallest absolute Gasteiger partial charge is 0.300 e. The van der Waals surface area contributed by atoms with Crippen molar-refractivity contribution in [3.8, 4) is 0 Å². The summed E-state index contributed by atoms with van der Waals surface area (Å²) in [5.41, 5.74) is 1.36. The van der Waals surface area contributed by atoms with Gasteiger partial charge in [0.1, 0.15) is 12.4 Å². The number of β-amino-alcohol motifs (C(OH)–C–C–N with tert-alkyl or cyclic N) is 4. The maximum Gasteiger partial charge on any atom is 0.300 e. The highest BCUT2D eigenvalue weighted by Crippen LogP contribution is 2.41. The quantitative estimate of drug-likeness (QED) is 0.202. The predicted octanol–water partition coefficient (Wildman–Crippen LogP) is -1.23. The lowest BCUT2D eigenvalue weighted by atomic mass is 10.1. The number of nitrogens with zero attached hydrogens (tertiary/aromatic N) is 3. The van der Waals surface area contributed by atoms with Gasteiger partial charge >= 0.3 is 0 Å². The molecule has 0 unspecified atom stereocenters. The van der Waals surface area contributed by atoms with E-state index in [9.17, 15) is 20.4 Å². The summed E-state index contributed by atoms with van der Waals surface area (Å²) in [4.78, 5) is 8.49. The SMILES string of the molecule is OC(O)(O)COCCN1C(O)(O)CN(C2=Nc3ccccc3Sc3ccccc32)CC1(O)O. The number of piperazine rings is 1. The van der Waals surface area contributed by atoms with Gasteiger partial charge in [-0.2, -0.15) is 4.90 Å². The molecule has 0 aromatic heterocycles. The van der Waals surface area contributed by atoms with Crippen molar-refractivity contribution in [3.63, 3.8) is 0 Å². The summed E-state index contributed by atoms with van der Waals surface area (Å²) < 4.78 is 4.86. The molecule has 0 saturated carbocycles. The number of fused-ring (bicyclic) bond motifs is 2. The van der Waals surface area contributed by atoms with Crippen LogP contribution in [0.1, 0.15) is 5.56 Å². The molecule has 2 heterocycles. The summed E-state index contributed by atoms with van der Waals surface area (Å²) >= 11 is 1.51.